The highest BCUT2D eigenvalue weighted by molar-refractivity contribution is 5.82. The molecule has 1 amide bonds. The minimum absolute atomic E-state index is 0.0156. The fourth-order valence-corrected chi connectivity index (χ4v) is 2.25. The Kier molecular flexibility index (Phi) is 5.52. The van der Waals surface area contributed by atoms with Crippen molar-refractivity contribution in [1.29, 1.82) is 0 Å². The summed E-state index contributed by atoms with van der Waals surface area (Å²) in [5.74, 6) is -0.0156. The number of amides is 1. The van der Waals surface area contributed by atoms with Gasteiger partial charge >= 0.3 is 0 Å². The summed E-state index contributed by atoms with van der Waals surface area (Å²) < 4.78 is 10.5. The third-order valence-corrected chi connectivity index (χ3v) is 3.40. The lowest BCUT2D eigenvalue weighted by atomic mass is 10.1. The monoisotopic (exact) mass is 278 g/mol. The Morgan fingerprint density at radius 2 is 2.10 bits per heavy atom. The maximum atomic E-state index is 12.1. The lowest BCUT2D eigenvalue weighted by molar-refractivity contribution is -0.129. The molecule has 2 rings (SSSR count). The average Bonchev–Trinajstić information content (AvgIpc) is 2.47. The van der Waals surface area contributed by atoms with Crippen molar-refractivity contribution in [3.8, 4) is 0 Å². The molecule has 5 nitrogen and oxygen atoms in total. The lowest BCUT2D eigenvalue weighted by Gasteiger charge is -2.29. The summed E-state index contributed by atoms with van der Waals surface area (Å²) in [6.45, 7) is 4.42. The van der Waals surface area contributed by atoms with E-state index in [1.165, 1.54) is 0 Å². The highest BCUT2D eigenvalue weighted by Gasteiger charge is 2.27. The van der Waals surface area contributed by atoms with Crippen molar-refractivity contribution in [3.05, 3.63) is 35.4 Å². The summed E-state index contributed by atoms with van der Waals surface area (Å²) >= 11 is 0. The predicted octanol–water partition coefficient (Wildman–Crippen LogP) is 0.826. The van der Waals surface area contributed by atoms with E-state index >= 15 is 0 Å². The molecule has 1 saturated heterocycles. The molecule has 1 aromatic carbocycles. The van der Waals surface area contributed by atoms with Crippen LogP contribution in [0.15, 0.2) is 24.3 Å². The molecular weight excluding hydrogens is 256 g/mol. The van der Waals surface area contributed by atoms with Crippen LogP contribution in [0.5, 0.6) is 0 Å². The van der Waals surface area contributed by atoms with Gasteiger partial charge in [0.25, 0.3) is 0 Å². The molecule has 5 heteroatoms. The molecule has 1 aromatic rings. The number of nitrogens with one attached hydrogen (secondary N) is 2. The molecule has 2 N–H and O–H groups in total. The van der Waals surface area contributed by atoms with Gasteiger partial charge in [-0.2, -0.15) is 0 Å². The highest BCUT2D eigenvalue weighted by Crippen LogP contribution is 2.07. The van der Waals surface area contributed by atoms with Gasteiger partial charge in [0.15, 0.2) is 0 Å². The maximum Gasteiger partial charge on any atom is 0.240 e. The summed E-state index contributed by atoms with van der Waals surface area (Å²) in [7, 11) is 1.68. The number of rotatable bonds is 5. The van der Waals surface area contributed by atoms with Gasteiger partial charge < -0.3 is 20.1 Å². The Morgan fingerprint density at radius 1 is 1.40 bits per heavy atom. The summed E-state index contributed by atoms with van der Waals surface area (Å²) in [5.41, 5.74) is 2.20. The van der Waals surface area contributed by atoms with Crippen LogP contribution >= 0.6 is 0 Å². The zero-order valence-corrected chi connectivity index (χ0v) is 12.0. The zero-order chi connectivity index (χ0) is 14.4. The molecule has 0 aliphatic carbocycles. The first-order chi connectivity index (χ1) is 9.70. The molecule has 0 unspecified atom stereocenters. The summed E-state index contributed by atoms with van der Waals surface area (Å²) in [4.78, 5) is 12.1. The van der Waals surface area contributed by atoms with E-state index in [1.54, 1.807) is 7.11 Å². The van der Waals surface area contributed by atoms with Crippen LogP contribution < -0.4 is 10.6 Å². The van der Waals surface area contributed by atoms with Crippen LogP contribution in [0.4, 0.5) is 0 Å². The van der Waals surface area contributed by atoms with Crippen LogP contribution in [0.2, 0.25) is 0 Å². The smallest absolute Gasteiger partial charge is 0.240 e. The Morgan fingerprint density at radius 3 is 2.75 bits per heavy atom. The predicted molar refractivity (Wildman–Crippen MR) is 76.2 cm³/mol. The number of methoxy groups -OCH3 is 1. The topological polar surface area (TPSA) is 59.6 Å². The first-order valence-electron chi connectivity index (χ1n) is 6.90. The molecule has 0 spiro atoms. The molecule has 1 fully saturated rings. The van der Waals surface area contributed by atoms with Crippen molar-refractivity contribution < 1.29 is 14.3 Å². The number of hydrogen-bond acceptors (Lipinski definition) is 4. The standard InChI is InChI=1S/C15H22N2O3/c1-11-14(16-7-8-20-11)15(18)17-9-12-3-5-13(6-4-12)10-19-2/h3-6,11,14,16H,7-10H2,1-2H3,(H,17,18)/t11-,14+/m1/s1. The number of carbonyl (C=O) groups is 1. The van der Waals surface area contributed by atoms with Crippen LogP contribution in [0.3, 0.4) is 0 Å². The normalized spacial score (nSPS) is 22.5. The van der Waals surface area contributed by atoms with Gasteiger partial charge in [0.05, 0.1) is 19.3 Å². The minimum atomic E-state index is -0.267. The minimum Gasteiger partial charge on any atom is -0.380 e. The fraction of sp³-hybridized carbons (Fsp3) is 0.533. The van der Waals surface area contributed by atoms with Gasteiger partial charge in [0.2, 0.25) is 5.91 Å². The molecule has 1 aliphatic rings. The van der Waals surface area contributed by atoms with E-state index in [4.69, 9.17) is 9.47 Å². The van der Waals surface area contributed by atoms with Gasteiger partial charge in [0, 0.05) is 20.2 Å². The number of benzene rings is 1. The van der Waals surface area contributed by atoms with Crippen molar-refractivity contribution in [3.63, 3.8) is 0 Å². The second kappa shape index (κ2) is 7.38. The number of hydrogen-bond donors (Lipinski definition) is 2. The maximum absolute atomic E-state index is 12.1. The molecule has 110 valence electrons. The van der Waals surface area contributed by atoms with Crippen LogP contribution in [0, 0.1) is 0 Å². The van der Waals surface area contributed by atoms with E-state index in [1.807, 2.05) is 31.2 Å². The van der Waals surface area contributed by atoms with Gasteiger partial charge in [0.1, 0.15) is 6.04 Å². The van der Waals surface area contributed by atoms with Crippen LogP contribution in [-0.2, 0) is 27.4 Å². The Labute approximate surface area is 119 Å². The van der Waals surface area contributed by atoms with E-state index in [2.05, 4.69) is 10.6 Å². The Hall–Kier alpha value is -1.43. The quantitative estimate of drug-likeness (QED) is 0.837. The molecular formula is C15H22N2O3. The highest BCUT2D eigenvalue weighted by atomic mass is 16.5. The second-order valence-corrected chi connectivity index (χ2v) is 4.98. The van der Waals surface area contributed by atoms with Crippen molar-refractivity contribution in [2.24, 2.45) is 0 Å². The van der Waals surface area contributed by atoms with Crippen molar-refractivity contribution >= 4 is 5.91 Å². The average molecular weight is 278 g/mol. The molecule has 1 aliphatic heterocycles. The number of morpholine rings is 1. The summed E-state index contributed by atoms with van der Waals surface area (Å²) in [5, 5.41) is 6.12. The molecule has 0 radical (unpaired) electrons. The molecule has 0 bridgehead atoms. The largest absolute Gasteiger partial charge is 0.380 e. The molecule has 20 heavy (non-hydrogen) atoms. The zero-order valence-electron chi connectivity index (χ0n) is 12.0. The van der Waals surface area contributed by atoms with Crippen molar-refractivity contribution in [2.45, 2.75) is 32.2 Å². The van der Waals surface area contributed by atoms with Crippen LogP contribution in [0.1, 0.15) is 18.1 Å². The SMILES string of the molecule is COCc1ccc(CNC(=O)[C@H]2NCCO[C@@H]2C)cc1. The summed E-state index contributed by atoms with van der Waals surface area (Å²) in [6.07, 6.45) is -0.0900. The van der Waals surface area contributed by atoms with Gasteiger partial charge in [-0.3, -0.25) is 4.79 Å². The Balaban J connectivity index is 1.83. The van der Waals surface area contributed by atoms with Gasteiger partial charge in [-0.15, -0.1) is 0 Å². The summed E-state index contributed by atoms with van der Waals surface area (Å²) in [6, 6.07) is 7.76. The lowest BCUT2D eigenvalue weighted by Crippen LogP contribution is -2.55. The van der Waals surface area contributed by atoms with Crippen molar-refractivity contribution in [2.75, 3.05) is 20.3 Å². The first kappa shape index (κ1) is 15.0. The van der Waals surface area contributed by atoms with E-state index in [-0.39, 0.29) is 18.1 Å². The van der Waals surface area contributed by atoms with E-state index in [9.17, 15) is 4.79 Å². The van der Waals surface area contributed by atoms with Crippen LogP contribution in [0.25, 0.3) is 0 Å². The van der Waals surface area contributed by atoms with E-state index in [0.717, 1.165) is 11.1 Å². The molecule has 0 aromatic heterocycles. The van der Waals surface area contributed by atoms with Crippen molar-refractivity contribution in [1.82, 2.24) is 10.6 Å². The van der Waals surface area contributed by atoms with E-state index < -0.39 is 0 Å². The van der Waals surface area contributed by atoms with Gasteiger partial charge in [-0.1, -0.05) is 24.3 Å². The second-order valence-electron chi connectivity index (χ2n) is 4.98. The molecule has 1 heterocycles. The molecule has 2 atom stereocenters. The van der Waals surface area contributed by atoms with Crippen LogP contribution in [-0.4, -0.2) is 38.3 Å². The number of ether oxygens (including phenoxy) is 2. The molecule has 0 saturated carbocycles. The number of carbonyl (C=O) groups excluding carboxylic acids is 1. The third kappa shape index (κ3) is 4.03. The van der Waals surface area contributed by atoms with E-state index in [0.29, 0.717) is 26.3 Å². The Bertz CT molecular complexity index is 433. The fourth-order valence-electron chi connectivity index (χ4n) is 2.25. The van der Waals surface area contributed by atoms with Gasteiger partial charge in [-0.25, -0.2) is 0 Å². The van der Waals surface area contributed by atoms with Gasteiger partial charge in [-0.05, 0) is 18.1 Å². The first-order valence-corrected chi connectivity index (χ1v) is 6.90. The third-order valence-electron chi connectivity index (χ3n) is 3.40.